The summed E-state index contributed by atoms with van der Waals surface area (Å²) in [6.07, 6.45) is 1.14. The summed E-state index contributed by atoms with van der Waals surface area (Å²) < 4.78 is 13.4. The number of benzene rings is 2. The highest BCUT2D eigenvalue weighted by Crippen LogP contribution is 2.36. The van der Waals surface area contributed by atoms with Crippen LogP contribution in [0, 0.1) is 17.0 Å². The lowest BCUT2D eigenvalue weighted by molar-refractivity contribution is -0.384. The van der Waals surface area contributed by atoms with Gasteiger partial charge in [-0.1, -0.05) is 0 Å². The topological polar surface area (TPSA) is 211 Å². The van der Waals surface area contributed by atoms with Crippen molar-refractivity contribution in [3.8, 4) is 5.75 Å². The van der Waals surface area contributed by atoms with Crippen LogP contribution in [0.4, 0.5) is 17.3 Å². The predicted molar refractivity (Wildman–Crippen MR) is 161 cm³/mol. The van der Waals surface area contributed by atoms with E-state index in [1.807, 2.05) is 11.5 Å². The monoisotopic (exact) mass is 607 g/mol. The summed E-state index contributed by atoms with van der Waals surface area (Å²) in [5.74, 6) is 4.10. The molecule has 0 aliphatic heterocycles. The van der Waals surface area contributed by atoms with Gasteiger partial charge in [-0.2, -0.15) is 5.10 Å². The van der Waals surface area contributed by atoms with E-state index >= 15 is 0 Å². The lowest BCUT2D eigenvalue weighted by Gasteiger charge is -2.14. The van der Waals surface area contributed by atoms with E-state index < -0.39 is 16.8 Å². The van der Waals surface area contributed by atoms with E-state index in [4.69, 9.17) is 10.6 Å². The molecule has 0 aliphatic rings. The van der Waals surface area contributed by atoms with Gasteiger partial charge < -0.3 is 19.4 Å². The van der Waals surface area contributed by atoms with Crippen LogP contribution in [-0.2, 0) is 17.8 Å². The Hall–Kier alpha value is -5.51. The van der Waals surface area contributed by atoms with Crippen molar-refractivity contribution in [1.29, 1.82) is 0 Å². The van der Waals surface area contributed by atoms with Crippen LogP contribution in [0.5, 0.6) is 5.75 Å². The number of esters is 1. The molecule has 44 heavy (non-hydrogen) atoms. The maximum Gasteiger partial charge on any atom is 0.338 e. The average Bonchev–Trinajstić information content (AvgIpc) is 3.58. The van der Waals surface area contributed by atoms with Crippen LogP contribution in [-0.4, -0.2) is 62.8 Å². The lowest BCUT2D eigenvalue weighted by atomic mass is 10.1. The zero-order valence-corrected chi connectivity index (χ0v) is 24.7. The number of amides is 2. The molecule has 2 aromatic heterocycles. The highest BCUT2D eigenvalue weighted by molar-refractivity contribution is 6.03. The normalized spacial score (nSPS) is 10.8. The van der Waals surface area contributed by atoms with Gasteiger partial charge in [0.25, 0.3) is 17.5 Å². The Morgan fingerprint density at radius 2 is 1.84 bits per heavy atom. The Morgan fingerprint density at radius 1 is 1.07 bits per heavy atom. The van der Waals surface area contributed by atoms with E-state index in [0.29, 0.717) is 60.5 Å². The number of nitro groups is 1. The molecule has 16 heteroatoms. The lowest BCUT2D eigenvalue weighted by Crippen LogP contribution is -2.29. The first-order valence-electron chi connectivity index (χ1n) is 13.7. The molecule has 0 spiro atoms. The van der Waals surface area contributed by atoms with Gasteiger partial charge in [0.1, 0.15) is 11.4 Å². The van der Waals surface area contributed by atoms with Gasteiger partial charge in [0.15, 0.2) is 5.69 Å². The van der Waals surface area contributed by atoms with Crippen LogP contribution in [0.1, 0.15) is 56.7 Å². The van der Waals surface area contributed by atoms with E-state index in [9.17, 15) is 24.5 Å². The van der Waals surface area contributed by atoms with Gasteiger partial charge >= 0.3 is 5.97 Å². The van der Waals surface area contributed by atoms with Gasteiger partial charge in [-0.05, 0) is 57.0 Å². The third-order valence-electron chi connectivity index (χ3n) is 6.83. The van der Waals surface area contributed by atoms with Gasteiger partial charge in [0, 0.05) is 31.3 Å². The molecule has 2 amide bonds. The fourth-order valence-electron chi connectivity index (χ4n) is 4.74. The number of nitro benzene ring substituents is 1. The Balaban J connectivity index is 1.54. The molecular formula is C28H33N9O7. The number of ether oxygens (including phenoxy) is 2. The minimum Gasteiger partial charge on any atom is -0.494 e. The molecule has 0 bridgehead atoms. The summed E-state index contributed by atoms with van der Waals surface area (Å²) in [6, 6.07) is 9.10. The van der Waals surface area contributed by atoms with E-state index in [1.165, 1.54) is 20.3 Å². The number of nitrogen functional groups attached to an aromatic ring is 1. The Kier molecular flexibility index (Phi) is 9.74. The molecule has 4 aromatic rings. The first-order chi connectivity index (χ1) is 21.1. The zero-order chi connectivity index (χ0) is 32.0. The maximum absolute atomic E-state index is 13.2. The second-order valence-corrected chi connectivity index (χ2v) is 9.66. The number of anilines is 2. The number of aryl methyl sites for hydroxylation is 3. The number of unbranched alkanes of at least 4 members (excludes halogenated alkanes) is 1. The number of hydrogen-bond donors (Lipinski definition) is 4. The van der Waals surface area contributed by atoms with Crippen LogP contribution in [0.25, 0.3) is 11.0 Å². The number of methoxy groups -OCH3 is 2. The average molecular weight is 608 g/mol. The molecule has 232 valence electrons. The van der Waals surface area contributed by atoms with Crippen molar-refractivity contribution in [2.75, 3.05) is 31.4 Å². The number of fused-ring (bicyclic) bond motifs is 1. The second-order valence-electron chi connectivity index (χ2n) is 9.66. The summed E-state index contributed by atoms with van der Waals surface area (Å²) in [6.45, 7) is 4.94. The standard InChI is InChI=1S/C28H33N9O7/c1-5-36-22(12-16(2)34-36)26(39)32-28-31-19-13-17(25(38)33-29)8-9-20(19)35(28)11-7-6-10-30-24-21(37(41)42)14-18(27(40)44-4)15-23(24)43-3/h8-9,12-15,30H,5-7,10-11,29H2,1-4H3,(H,33,38)(H,31,32,39). The van der Waals surface area contributed by atoms with Crippen LogP contribution in [0.2, 0.25) is 0 Å². The second kappa shape index (κ2) is 13.6. The van der Waals surface area contributed by atoms with Gasteiger partial charge in [-0.25, -0.2) is 15.6 Å². The number of nitrogens with one attached hydrogen (secondary N) is 3. The van der Waals surface area contributed by atoms with Crippen LogP contribution >= 0.6 is 0 Å². The highest BCUT2D eigenvalue weighted by atomic mass is 16.6. The van der Waals surface area contributed by atoms with Gasteiger partial charge in [-0.15, -0.1) is 0 Å². The van der Waals surface area contributed by atoms with Crippen molar-refractivity contribution >= 4 is 46.1 Å². The van der Waals surface area contributed by atoms with E-state index in [2.05, 4.69) is 30.9 Å². The van der Waals surface area contributed by atoms with E-state index in [0.717, 1.165) is 6.07 Å². The quantitative estimate of drug-likeness (QED) is 0.0433. The van der Waals surface area contributed by atoms with Gasteiger partial charge in [0.05, 0.1) is 41.4 Å². The zero-order valence-electron chi connectivity index (χ0n) is 24.7. The third-order valence-corrected chi connectivity index (χ3v) is 6.83. The summed E-state index contributed by atoms with van der Waals surface area (Å²) in [7, 11) is 2.53. The number of carbonyl (C=O) groups excluding carboxylic acids is 3. The molecular weight excluding hydrogens is 574 g/mol. The number of nitrogens with two attached hydrogens (primary N) is 1. The van der Waals surface area contributed by atoms with Crippen LogP contribution in [0.15, 0.2) is 36.4 Å². The summed E-state index contributed by atoms with van der Waals surface area (Å²) in [5.41, 5.74) is 4.44. The molecule has 2 aromatic carbocycles. The molecule has 0 unspecified atom stereocenters. The van der Waals surface area contributed by atoms with Gasteiger partial charge in [-0.3, -0.25) is 35.1 Å². The molecule has 0 aliphatic carbocycles. The summed E-state index contributed by atoms with van der Waals surface area (Å²) >= 11 is 0. The number of imidazole rings is 1. The summed E-state index contributed by atoms with van der Waals surface area (Å²) in [4.78, 5) is 53.0. The Morgan fingerprint density at radius 3 is 2.50 bits per heavy atom. The van der Waals surface area contributed by atoms with Gasteiger partial charge in [0.2, 0.25) is 5.95 Å². The van der Waals surface area contributed by atoms with E-state index in [-0.39, 0.29) is 34.5 Å². The number of carbonyl (C=O) groups is 3. The van der Waals surface area contributed by atoms with Crippen molar-refractivity contribution in [3.63, 3.8) is 0 Å². The third kappa shape index (κ3) is 6.59. The predicted octanol–water partition coefficient (Wildman–Crippen LogP) is 3.01. The fraction of sp³-hybridized carbons (Fsp3) is 0.321. The van der Waals surface area contributed by atoms with Crippen LogP contribution < -0.4 is 26.6 Å². The van der Waals surface area contributed by atoms with Crippen molar-refractivity contribution < 1.29 is 28.8 Å². The van der Waals surface area contributed by atoms with Crippen molar-refractivity contribution in [1.82, 2.24) is 24.8 Å². The minimum absolute atomic E-state index is 0.00703. The maximum atomic E-state index is 13.2. The smallest absolute Gasteiger partial charge is 0.338 e. The minimum atomic E-state index is -0.724. The Bertz CT molecular complexity index is 1730. The highest BCUT2D eigenvalue weighted by Gasteiger charge is 2.24. The molecule has 0 radical (unpaired) electrons. The molecule has 0 saturated heterocycles. The molecule has 0 fully saturated rings. The number of hydrazine groups is 1. The van der Waals surface area contributed by atoms with Crippen molar-refractivity contribution in [2.24, 2.45) is 5.84 Å². The number of nitrogens with zero attached hydrogens (tertiary/aromatic N) is 5. The number of aromatic nitrogens is 4. The largest absolute Gasteiger partial charge is 0.494 e. The van der Waals surface area contributed by atoms with Crippen molar-refractivity contribution in [3.05, 3.63) is 69.0 Å². The van der Waals surface area contributed by atoms with Crippen molar-refractivity contribution in [2.45, 2.75) is 39.8 Å². The molecule has 4 rings (SSSR count). The van der Waals surface area contributed by atoms with Crippen LogP contribution in [0.3, 0.4) is 0 Å². The molecule has 5 N–H and O–H groups in total. The molecule has 16 nitrogen and oxygen atoms in total. The molecule has 0 atom stereocenters. The first kappa shape index (κ1) is 31.4. The number of hydrogen-bond acceptors (Lipinski definition) is 11. The summed E-state index contributed by atoms with van der Waals surface area (Å²) in [5, 5.41) is 22.0. The van der Waals surface area contributed by atoms with E-state index in [1.54, 1.807) is 35.9 Å². The SMILES string of the molecule is CCn1nc(C)cc1C(=O)Nc1nc2cc(C(=O)NN)ccc2n1CCCCNc1c(OC)cc(C(=O)OC)cc1[N+](=O)[O-]. The molecule has 2 heterocycles. The number of rotatable bonds is 13. The first-order valence-corrected chi connectivity index (χ1v) is 13.7. The fourth-order valence-corrected chi connectivity index (χ4v) is 4.74. The molecule has 0 saturated carbocycles. The Labute approximate surface area is 251 Å².